The molecule has 0 bridgehead atoms. The van der Waals surface area contributed by atoms with Gasteiger partial charge in [-0.15, -0.1) is 0 Å². The number of hydrogen-bond donors (Lipinski definition) is 1. The van der Waals surface area contributed by atoms with E-state index in [-0.39, 0.29) is 25.0 Å². The summed E-state index contributed by atoms with van der Waals surface area (Å²) in [7, 11) is 0. The van der Waals surface area contributed by atoms with Crippen molar-refractivity contribution in [2.75, 3.05) is 6.61 Å². The lowest BCUT2D eigenvalue weighted by Crippen LogP contribution is -2.52. The van der Waals surface area contributed by atoms with Crippen molar-refractivity contribution in [1.82, 2.24) is 9.97 Å². The number of hydrogen-bond acceptors (Lipinski definition) is 6. The Balaban J connectivity index is 2.19. The van der Waals surface area contributed by atoms with Gasteiger partial charge < -0.3 is 14.6 Å². The van der Waals surface area contributed by atoms with E-state index in [1.165, 1.54) is 0 Å². The SMILES string of the molecule is Cc1cc(C)nc(OC(C(=O)O)C(COC(=O)CC(C)C)(c2ccccc2)c2ccccc2)n1. The van der Waals surface area contributed by atoms with Crippen LogP contribution in [0.15, 0.2) is 66.7 Å². The number of esters is 1. The summed E-state index contributed by atoms with van der Waals surface area (Å²) in [5.41, 5.74) is 1.22. The molecule has 2 aromatic carbocycles. The summed E-state index contributed by atoms with van der Waals surface area (Å²) in [6.07, 6.45) is -1.26. The van der Waals surface area contributed by atoms with Crippen LogP contribution in [0.1, 0.15) is 42.8 Å². The number of rotatable bonds is 10. The molecule has 1 heterocycles. The van der Waals surface area contributed by atoms with E-state index >= 15 is 0 Å². The van der Waals surface area contributed by atoms with Gasteiger partial charge in [-0.2, -0.15) is 0 Å². The Labute approximate surface area is 199 Å². The molecule has 1 aromatic heterocycles. The zero-order valence-electron chi connectivity index (χ0n) is 19.9. The summed E-state index contributed by atoms with van der Waals surface area (Å²) >= 11 is 0. The van der Waals surface area contributed by atoms with E-state index < -0.39 is 23.5 Å². The standard InChI is InChI=1S/C27H30N2O5/c1-18(2)15-23(30)33-17-27(21-11-7-5-8-12-21,22-13-9-6-10-14-22)24(25(31)32)34-26-28-19(3)16-20(4)29-26/h5-14,16,18,24H,15,17H2,1-4H3,(H,31,32). The quantitative estimate of drug-likeness (QED) is 0.443. The Bertz CT molecular complexity index is 1060. The van der Waals surface area contributed by atoms with Crippen molar-refractivity contribution in [1.29, 1.82) is 0 Å². The molecule has 7 heteroatoms. The van der Waals surface area contributed by atoms with E-state index in [2.05, 4.69) is 9.97 Å². The Kier molecular flexibility index (Phi) is 7.99. The van der Waals surface area contributed by atoms with E-state index in [1.54, 1.807) is 19.9 Å². The van der Waals surface area contributed by atoms with E-state index in [1.807, 2.05) is 74.5 Å². The summed E-state index contributed by atoms with van der Waals surface area (Å²) in [6.45, 7) is 7.18. The zero-order valence-corrected chi connectivity index (χ0v) is 19.9. The predicted octanol–water partition coefficient (Wildman–Crippen LogP) is 4.50. The van der Waals surface area contributed by atoms with Gasteiger partial charge in [0.25, 0.3) is 0 Å². The van der Waals surface area contributed by atoms with Crippen LogP contribution in [-0.2, 0) is 19.7 Å². The normalized spacial score (nSPS) is 12.3. The van der Waals surface area contributed by atoms with E-state index in [0.29, 0.717) is 22.5 Å². The molecule has 1 unspecified atom stereocenters. The monoisotopic (exact) mass is 462 g/mol. The van der Waals surface area contributed by atoms with E-state index in [4.69, 9.17) is 9.47 Å². The second-order valence-electron chi connectivity index (χ2n) is 8.73. The molecule has 0 saturated carbocycles. The molecule has 178 valence electrons. The summed E-state index contributed by atoms with van der Waals surface area (Å²) in [6, 6.07) is 19.9. The van der Waals surface area contributed by atoms with Gasteiger partial charge in [0.15, 0.2) is 0 Å². The van der Waals surface area contributed by atoms with E-state index in [0.717, 1.165) is 0 Å². The van der Waals surface area contributed by atoms with Crippen molar-refractivity contribution in [3.05, 3.63) is 89.2 Å². The summed E-state index contributed by atoms with van der Waals surface area (Å²) in [5, 5.41) is 10.4. The van der Waals surface area contributed by atoms with Crippen molar-refractivity contribution in [2.24, 2.45) is 5.92 Å². The fourth-order valence-electron chi connectivity index (χ4n) is 3.98. The lowest BCUT2D eigenvalue weighted by Gasteiger charge is -2.38. The fourth-order valence-corrected chi connectivity index (χ4v) is 3.98. The maximum Gasteiger partial charge on any atom is 0.346 e. The first kappa shape index (κ1) is 24.9. The van der Waals surface area contributed by atoms with Crippen molar-refractivity contribution in [3.8, 4) is 6.01 Å². The summed E-state index contributed by atoms with van der Waals surface area (Å²) in [4.78, 5) is 33.9. The molecule has 0 amide bonds. The highest BCUT2D eigenvalue weighted by Crippen LogP contribution is 2.38. The number of carbonyl (C=O) groups excluding carboxylic acids is 1. The molecule has 0 radical (unpaired) electrons. The molecule has 0 fully saturated rings. The second kappa shape index (κ2) is 10.9. The van der Waals surface area contributed by atoms with Crippen LogP contribution in [0.5, 0.6) is 6.01 Å². The van der Waals surface area contributed by atoms with Gasteiger partial charge in [0.05, 0.1) is 0 Å². The van der Waals surface area contributed by atoms with Gasteiger partial charge in [-0.1, -0.05) is 74.5 Å². The Morgan fingerprint density at radius 1 is 0.912 bits per heavy atom. The molecule has 0 aliphatic heterocycles. The molecule has 34 heavy (non-hydrogen) atoms. The van der Waals surface area contributed by atoms with Crippen molar-refractivity contribution in [3.63, 3.8) is 0 Å². The molecule has 1 atom stereocenters. The topological polar surface area (TPSA) is 98.6 Å². The highest BCUT2D eigenvalue weighted by atomic mass is 16.5. The predicted molar refractivity (Wildman–Crippen MR) is 128 cm³/mol. The number of benzene rings is 2. The molecular weight excluding hydrogens is 432 g/mol. The van der Waals surface area contributed by atoms with Crippen LogP contribution in [0.25, 0.3) is 0 Å². The Morgan fingerprint density at radius 3 is 1.85 bits per heavy atom. The summed E-state index contributed by atoms with van der Waals surface area (Å²) in [5.74, 6) is -1.53. The lowest BCUT2D eigenvalue weighted by molar-refractivity contribution is -0.155. The number of carbonyl (C=O) groups is 2. The zero-order chi connectivity index (χ0) is 24.7. The number of aliphatic carboxylic acids is 1. The van der Waals surface area contributed by atoms with E-state index in [9.17, 15) is 14.7 Å². The van der Waals surface area contributed by atoms with Gasteiger partial charge in [0, 0.05) is 17.8 Å². The van der Waals surface area contributed by atoms with Crippen LogP contribution in [0.3, 0.4) is 0 Å². The molecule has 0 spiro atoms. The number of carboxylic acid groups (broad SMARTS) is 1. The molecule has 0 aliphatic rings. The third-order valence-corrected chi connectivity index (χ3v) is 5.47. The third-order valence-electron chi connectivity index (χ3n) is 5.47. The maximum absolute atomic E-state index is 12.8. The molecule has 3 rings (SSSR count). The smallest absolute Gasteiger partial charge is 0.346 e. The molecule has 0 aliphatic carbocycles. The molecule has 7 nitrogen and oxygen atoms in total. The van der Waals surface area contributed by atoms with Crippen LogP contribution in [0.4, 0.5) is 0 Å². The van der Waals surface area contributed by atoms with Gasteiger partial charge in [0.1, 0.15) is 12.0 Å². The number of aromatic nitrogens is 2. The first-order chi connectivity index (χ1) is 16.2. The molecule has 0 saturated heterocycles. The molecule has 3 aromatic rings. The van der Waals surface area contributed by atoms with Crippen molar-refractivity contribution < 1.29 is 24.2 Å². The first-order valence-electron chi connectivity index (χ1n) is 11.2. The van der Waals surface area contributed by atoms with Gasteiger partial charge in [-0.25, -0.2) is 14.8 Å². The van der Waals surface area contributed by atoms with Crippen LogP contribution in [0, 0.1) is 19.8 Å². The van der Waals surface area contributed by atoms with Crippen LogP contribution in [0.2, 0.25) is 0 Å². The van der Waals surface area contributed by atoms with Crippen LogP contribution < -0.4 is 4.74 Å². The van der Waals surface area contributed by atoms with Gasteiger partial charge in [-0.3, -0.25) is 4.79 Å². The maximum atomic E-state index is 12.8. The van der Waals surface area contributed by atoms with Crippen molar-refractivity contribution in [2.45, 2.75) is 45.6 Å². The average molecular weight is 463 g/mol. The largest absolute Gasteiger partial charge is 0.478 e. The summed E-state index contributed by atoms with van der Waals surface area (Å²) < 4.78 is 11.7. The number of nitrogens with zero attached hydrogens (tertiary/aromatic N) is 2. The van der Waals surface area contributed by atoms with Crippen LogP contribution >= 0.6 is 0 Å². The Morgan fingerprint density at radius 2 is 1.41 bits per heavy atom. The number of carboxylic acids is 1. The second-order valence-corrected chi connectivity index (χ2v) is 8.73. The minimum Gasteiger partial charge on any atom is -0.478 e. The molecule has 1 N–H and O–H groups in total. The lowest BCUT2D eigenvalue weighted by atomic mass is 9.70. The van der Waals surface area contributed by atoms with Gasteiger partial charge in [0.2, 0.25) is 6.10 Å². The van der Waals surface area contributed by atoms with Gasteiger partial charge >= 0.3 is 17.9 Å². The van der Waals surface area contributed by atoms with Crippen molar-refractivity contribution >= 4 is 11.9 Å². The first-order valence-corrected chi connectivity index (χ1v) is 11.2. The molecular formula is C27H30N2O5. The highest BCUT2D eigenvalue weighted by Gasteiger charge is 2.50. The highest BCUT2D eigenvalue weighted by molar-refractivity contribution is 5.77. The minimum absolute atomic E-state index is 0.0466. The fraction of sp³-hybridized carbons (Fsp3) is 0.333. The minimum atomic E-state index is -1.48. The number of ether oxygens (including phenoxy) is 2. The Hall–Kier alpha value is -3.74. The third kappa shape index (κ3) is 5.78. The average Bonchev–Trinajstić information content (AvgIpc) is 2.79. The number of aryl methyl sites for hydroxylation is 2. The van der Waals surface area contributed by atoms with Crippen LogP contribution in [-0.4, -0.2) is 39.7 Å². The van der Waals surface area contributed by atoms with Gasteiger partial charge in [-0.05, 0) is 37.0 Å².